The summed E-state index contributed by atoms with van der Waals surface area (Å²) >= 11 is 0. The van der Waals surface area contributed by atoms with Crippen molar-refractivity contribution in [2.45, 2.75) is 27.7 Å². The Bertz CT molecular complexity index is 217. The van der Waals surface area contributed by atoms with E-state index >= 15 is 0 Å². The van der Waals surface area contributed by atoms with Crippen LogP contribution in [0.4, 0.5) is 0 Å². The Morgan fingerprint density at radius 2 is 1.75 bits per heavy atom. The maximum absolute atomic E-state index is 11.1. The molecular formula is C9H15NO2. The minimum Gasteiger partial charge on any atom is -0.293 e. The highest BCUT2D eigenvalue weighted by molar-refractivity contribution is 6.03. The zero-order chi connectivity index (χ0) is 9.72. The average molecular weight is 169 g/mol. The molecule has 0 aromatic carbocycles. The molecule has 2 amide bonds. The minimum atomic E-state index is -0.323. The van der Waals surface area contributed by atoms with Crippen LogP contribution in [-0.4, -0.2) is 11.8 Å². The third-order valence-corrected chi connectivity index (χ3v) is 1.23. The lowest BCUT2D eigenvalue weighted by molar-refractivity contribution is -0.127. The Morgan fingerprint density at radius 3 is 2.08 bits per heavy atom. The third kappa shape index (κ3) is 4.66. The molecule has 0 aliphatic rings. The maximum atomic E-state index is 11.1. The number of carbonyl (C=O) groups is 2. The van der Waals surface area contributed by atoms with Gasteiger partial charge in [0.05, 0.1) is 0 Å². The highest BCUT2D eigenvalue weighted by Crippen LogP contribution is 2.00. The van der Waals surface area contributed by atoms with Gasteiger partial charge in [-0.05, 0) is 12.8 Å². The summed E-state index contributed by atoms with van der Waals surface area (Å²) in [5.74, 6) is -0.310. The van der Waals surface area contributed by atoms with Crippen LogP contribution >= 0.6 is 0 Å². The fourth-order valence-electron chi connectivity index (χ4n) is 0.834. The van der Waals surface area contributed by atoms with Gasteiger partial charge in [-0.25, -0.2) is 0 Å². The summed E-state index contributed by atoms with van der Waals surface area (Å²) in [6.45, 7) is 6.97. The SMILES string of the molecule is CC(=O)NC(=O)/C(C)=C\C(C)C. The summed E-state index contributed by atoms with van der Waals surface area (Å²) in [6, 6.07) is 0. The van der Waals surface area contributed by atoms with E-state index in [1.165, 1.54) is 6.92 Å². The normalized spacial score (nSPS) is 11.6. The zero-order valence-electron chi connectivity index (χ0n) is 7.97. The van der Waals surface area contributed by atoms with Gasteiger partial charge < -0.3 is 0 Å². The van der Waals surface area contributed by atoms with Crippen LogP contribution in [0.5, 0.6) is 0 Å². The van der Waals surface area contributed by atoms with E-state index in [2.05, 4.69) is 5.32 Å². The van der Waals surface area contributed by atoms with Crippen LogP contribution in [0, 0.1) is 5.92 Å². The molecule has 0 aliphatic carbocycles. The highest BCUT2D eigenvalue weighted by Gasteiger charge is 2.05. The quantitative estimate of drug-likeness (QED) is 0.632. The summed E-state index contributed by atoms with van der Waals surface area (Å²) in [7, 11) is 0. The summed E-state index contributed by atoms with van der Waals surface area (Å²) < 4.78 is 0. The molecule has 0 rings (SSSR count). The largest absolute Gasteiger partial charge is 0.293 e. The highest BCUT2D eigenvalue weighted by atomic mass is 16.2. The van der Waals surface area contributed by atoms with Crippen molar-refractivity contribution in [3.63, 3.8) is 0 Å². The first-order valence-electron chi connectivity index (χ1n) is 3.93. The predicted molar refractivity (Wildman–Crippen MR) is 47.4 cm³/mol. The van der Waals surface area contributed by atoms with Crippen molar-refractivity contribution < 1.29 is 9.59 Å². The second-order valence-corrected chi connectivity index (χ2v) is 3.10. The van der Waals surface area contributed by atoms with Crippen molar-refractivity contribution in [2.24, 2.45) is 5.92 Å². The van der Waals surface area contributed by atoms with Gasteiger partial charge in [-0.2, -0.15) is 0 Å². The van der Waals surface area contributed by atoms with Crippen LogP contribution in [0.1, 0.15) is 27.7 Å². The summed E-state index contributed by atoms with van der Waals surface area (Å²) in [5.41, 5.74) is 0.584. The van der Waals surface area contributed by atoms with E-state index in [-0.39, 0.29) is 11.8 Å². The molecule has 0 saturated carbocycles. The Morgan fingerprint density at radius 1 is 1.25 bits per heavy atom. The summed E-state index contributed by atoms with van der Waals surface area (Å²) in [6.07, 6.45) is 1.82. The molecule has 0 atom stereocenters. The fourth-order valence-corrected chi connectivity index (χ4v) is 0.834. The van der Waals surface area contributed by atoms with E-state index in [9.17, 15) is 9.59 Å². The Hall–Kier alpha value is -1.12. The molecule has 0 unspecified atom stereocenters. The number of rotatable bonds is 2. The van der Waals surface area contributed by atoms with Crippen LogP contribution < -0.4 is 5.32 Å². The monoisotopic (exact) mass is 169 g/mol. The Kier molecular flexibility index (Phi) is 4.26. The van der Waals surface area contributed by atoms with E-state index in [0.717, 1.165) is 0 Å². The van der Waals surface area contributed by atoms with E-state index in [0.29, 0.717) is 11.5 Å². The molecular weight excluding hydrogens is 154 g/mol. The molecule has 0 spiro atoms. The molecule has 3 nitrogen and oxygen atoms in total. The van der Waals surface area contributed by atoms with Crippen molar-refractivity contribution in [1.29, 1.82) is 0 Å². The first-order valence-corrected chi connectivity index (χ1v) is 3.93. The molecule has 0 aromatic rings. The van der Waals surface area contributed by atoms with Crippen molar-refractivity contribution in [3.8, 4) is 0 Å². The van der Waals surface area contributed by atoms with Gasteiger partial charge in [0.25, 0.3) is 5.91 Å². The molecule has 0 radical (unpaired) electrons. The standard InChI is InChI=1S/C9H15NO2/c1-6(2)5-7(3)9(12)10-8(4)11/h5-6H,1-4H3,(H,10,11,12)/b7-5-. The fraction of sp³-hybridized carbons (Fsp3) is 0.556. The third-order valence-electron chi connectivity index (χ3n) is 1.23. The second kappa shape index (κ2) is 4.70. The van der Waals surface area contributed by atoms with E-state index in [4.69, 9.17) is 0 Å². The molecule has 0 bridgehead atoms. The number of amides is 2. The molecule has 0 aliphatic heterocycles. The van der Waals surface area contributed by atoms with Crippen LogP contribution in [0.3, 0.4) is 0 Å². The smallest absolute Gasteiger partial charge is 0.253 e. The predicted octanol–water partition coefficient (Wildman–Crippen LogP) is 1.25. The zero-order valence-corrected chi connectivity index (χ0v) is 7.97. The van der Waals surface area contributed by atoms with Gasteiger partial charge in [0, 0.05) is 12.5 Å². The number of nitrogens with one attached hydrogen (secondary N) is 1. The lowest BCUT2D eigenvalue weighted by Gasteiger charge is -2.02. The van der Waals surface area contributed by atoms with E-state index < -0.39 is 0 Å². The summed E-state index contributed by atoms with van der Waals surface area (Å²) in [5, 5.41) is 2.20. The van der Waals surface area contributed by atoms with Gasteiger partial charge in [0.2, 0.25) is 5.91 Å². The Labute approximate surface area is 72.8 Å². The molecule has 0 fully saturated rings. The first-order chi connectivity index (χ1) is 5.43. The molecule has 0 aromatic heterocycles. The molecule has 0 saturated heterocycles. The topological polar surface area (TPSA) is 46.2 Å². The molecule has 1 N–H and O–H groups in total. The minimum absolute atomic E-state index is 0.309. The van der Waals surface area contributed by atoms with Gasteiger partial charge in [0.15, 0.2) is 0 Å². The first kappa shape index (κ1) is 10.9. The molecule has 68 valence electrons. The molecule has 0 heterocycles. The van der Waals surface area contributed by atoms with E-state index in [1.54, 1.807) is 6.92 Å². The molecule has 12 heavy (non-hydrogen) atoms. The van der Waals surface area contributed by atoms with Crippen LogP contribution in [0.2, 0.25) is 0 Å². The Balaban J connectivity index is 4.19. The number of allylic oxidation sites excluding steroid dienone is 1. The van der Waals surface area contributed by atoms with Crippen molar-refractivity contribution in [1.82, 2.24) is 5.32 Å². The van der Waals surface area contributed by atoms with Crippen LogP contribution in [0.15, 0.2) is 11.6 Å². The second-order valence-electron chi connectivity index (χ2n) is 3.10. The lowest BCUT2D eigenvalue weighted by atomic mass is 10.1. The number of carbonyl (C=O) groups excluding carboxylic acids is 2. The van der Waals surface area contributed by atoms with Gasteiger partial charge in [-0.1, -0.05) is 19.9 Å². The lowest BCUT2D eigenvalue weighted by Crippen LogP contribution is -2.28. The van der Waals surface area contributed by atoms with Gasteiger partial charge >= 0.3 is 0 Å². The van der Waals surface area contributed by atoms with Gasteiger partial charge in [0.1, 0.15) is 0 Å². The summed E-state index contributed by atoms with van der Waals surface area (Å²) in [4.78, 5) is 21.6. The van der Waals surface area contributed by atoms with Gasteiger partial charge in [-0.15, -0.1) is 0 Å². The number of hydrogen-bond donors (Lipinski definition) is 1. The number of hydrogen-bond acceptors (Lipinski definition) is 2. The number of imide groups is 1. The van der Waals surface area contributed by atoms with E-state index in [1.807, 2.05) is 19.9 Å². The van der Waals surface area contributed by atoms with Crippen molar-refractivity contribution in [3.05, 3.63) is 11.6 Å². The maximum Gasteiger partial charge on any atom is 0.253 e. The van der Waals surface area contributed by atoms with Crippen LogP contribution in [-0.2, 0) is 9.59 Å². The van der Waals surface area contributed by atoms with Crippen LogP contribution in [0.25, 0.3) is 0 Å². The van der Waals surface area contributed by atoms with Gasteiger partial charge in [-0.3, -0.25) is 14.9 Å². The average Bonchev–Trinajstić information content (AvgIpc) is 1.84. The molecule has 3 heteroatoms. The van der Waals surface area contributed by atoms with Crippen molar-refractivity contribution in [2.75, 3.05) is 0 Å². The van der Waals surface area contributed by atoms with Crippen molar-refractivity contribution >= 4 is 11.8 Å².